The van der Waals surface area contributed by atoms with Crippen LogP contribution in [0.1, 0.15) is 87.1 Å². The third kappa shape index (κ3) is 9.94. The number of hydrogen-bond acceptors (Lipinski definition) is 1. The maximum Gasteiger partial charge on any atom is 0.187 e. The molecule has 3 aromatic carbocycles. The van der Waals surface area contributed by atoms with Gasteiger partial charge in [0.2, 0.25) is 0 Å². The lowest BCUT2D eigenvalue weighted by molar-refractivity contribution is 0.282. The van der Waals surface area contributed by atoms with Crippen LogP contribution in [0.15, 0.2) is 72.8 Å². The van der Waals surface area contributed by atoms with Crippen molar-refractivity contribution in [2.45, 2.75) is 72.8 Å². The van der Waals surface area contributed by atoms with Crippen molar-refractivity contribution in [2.75, 3.05) is 0 Å². The zero-order valence-corrected chi connectivity index (χ0v) is 20.8. The van der Waals surface area contributed by atoms with E-state index >= 15 is 0 Å². The first-order valence-electron chi connectivity index (χ1n) is 11.4. The van der Waals surface area contributed by atoms with Crippen molar-refractivity contribution in [3.05, 3.63) is 112 Å². The first-order chi connectivity index (χ1) is 15.2. The average Bonchev–Trinajstić information content (AvgIpc) is 2.80. The summed E-state index contributed by atoms with van der Waals surface area (Å²) in [5, 5.41) is 8.77. The van der Waals surface area contributed by atoms with E-state index in [1.807, 2.05) is 36.4 Å². The summed E-state index contributed by atoms with van der Waals surface area (Å²) in [5.74, 6) is 1.78. The topological polar surface area (TPSA) is 24.6 Å². The van der Waals surface area contributed by atoms with E-state index in [1.165, 1.54) is 22.3 Å². The molecule has 2 heteroatoms. The molecule has 32 heavy (non-hydrogen) atoms. The molecule has 0 aliphatic carbocycles. The number of aliphatic hydroxyl groups excluding tert-OH is 1. The Morgan fingerprint density at radius 2 is 0.969 bits per heavy atom. The molecule has 0 unspecified atom stereocenters. The van der Waals surface area contributed by atoms with Crippen molar-refractivity contribution in [3.63, 3.8) is 0 Å². The van der Waals surface area contributed by atoms with Crippen LogP contribution in [0.5, 0.6) is 0 Å². The molecule has 0 heterocycles. The Morgan fingerprint density at radius 1 is 0.625 bits per heavy atom. The predicted octanol–water partition coefficient (Wildman–Crippen LogP) is 8.78. The summed E-state index contributed by atoms with van der Waals surface area (Å²) >= 11 is 0. The predicted molar refractivity (Wildman–Crippen MR) is 139 cm³/mol. The molecule has 0 bridgehead atoms. The molecule has 0 saturated carbocycles. The highest BCUT2D eigenvalue weighted by atomic mass is 16.3. The number of nitrogens with zero attached hydrogens (tertiary/aromatic N) is 1. The maximum atomic E-state index is 8.77. The summed E-state index contributed by atoms with van der Waals surface area (Å²) in [6.45, 7) is 22.0. The van der Waals surface area contributed by atoms with Crippen molar-refractivity contribution in [1.29, 1.82) is 0 Å². The van der Waals surface area contributed by atoms with Gasteiger partial charge in [-0.2, -0.15) is 0 Å². The van der Waals surface area contributed by atoms with E-state index in [9.17, 15) is 0 Å². The van der Waals surface area contributed by atoms with Gasteiger partial charge in [0.25, 0.3) is 0 Å². The highest BCUT2D eigenvalue weighted by Gasteiger charge is 1.98. The van der Waals surface area contributed by atoms with Gasteiger partial charge in [0.1, 0.15) is 0 Å². The molecule has 0 amide bonds. The normalized spacial score (nSPS) is 10.2. The van der Waals surface area contributed by atoms with Crippen molar-refractivity contribution in [3.8, 4) is 0 Å². The number of hydrogen-bond donors (Lipinski definition) is 1. The lowest BCUT2D eigenvalue weighted by Crippen LogP contribution is -1.88. The van der Waals surface area contributed by atoms with E-state index in [1.54, 1.807) is 0 Å². The SMILES string of the molecule is CC(C)c1ccc(CO)cc1.Cc1ccc(C(C)C)cc1.[C-]#[N+]c1ccc(C(C)C)cc1. The lowest BCUT2D eigenvalue weighted by Gasteiger charge is -2.04. The number of aliphatic hydroxyl groups is 1. The minimum atomic E-state index is 0.137. The smallest absolute Gasteiger partial charge is 0.187 e. The third-order valence-corrected chi connectivity index (χ3v) is 5.26. The maximum absolute atomic E-state index is 8.77. The van der Waals surface area contributed by atoms with E-state index in [0.29, 0.717) is 17.8 Å². The molecule has 1 N–H and O–H groups in total. The Bertz CT molecular complexity index is 928. The molecule has 0 spiro atoms. The molecular weight excluding hydrogens is 390 g/mol. The summed E-state index contributed by atoms with van der Waals surface area (Å²) in [4.78, 5) is 3.32. The molecule has 0 radical (unpaired) electrons. The monoisotopic (exact) mass is 429 g/mol. The van der Waals surface area contributed by atoms with E-state index in [0.717, 1.165) is 11.3 Å². The van der Waals surface area contributed by atoms with Gasteiger partial charge >= 0.3 is 0 Å². The second kappa shape index (κ2) is 14.2. The van der Waals surface area contributed by atoms with Gasteiger partial charge in [0.15, 0.2) is 5.69 Å². The Labute approximate surface area is 195 Å². The van der Waals surface area contributed by atoms with Crippen LogP contribution in [-0.2, 0) is 6.61 Å². The molecular formula is C30H39NO. The van der Waals surface area contributed by atoms with Crippen molar-refractivity contribution >= 4 is 5.69 Å². The van der Waals surface area contributed by atoms with Crippen LogP contribution < -0.4 is 0 Å². The summed E-state index contributed by atoms with van der Waals surface area (Å²) in [6, 6.07) is 24.5. The second-order valence-corrected chi connectivity index (χ2v) is 8.98. The Morgan fingerprint density at radius 3 is 1.28 bits per heavy atom. The zero-order valence-electron chi connectivity index (χ0n) is 20.8. The summed E-state index contributed by atoms with van der Waals surface area (Å²) in [7, 11) is 0. The summed E-state index contributed by atoms with van der Waals surface area (Å²) < 4.78 is 0. The van der Waals surface area contributed by atoms with Gasteiger partial charge in [-0.15, -0.1) is 0 Å². The van der Waals surface area contributed by atoms with E-state index in [4.69, 9.17) is 11.7 Å². The van der Waals surface area contributed by atoms with Gasteiger partial charge in [0, 0.05) is 0 Å². The largest absolute Gasteiger partial charge is 0.392 e. The summed E-state index contributed by atoms with van der Waals surface area (Å²) in [5.41, 5.74) is 7.07. The van der Waals surface area contributed by atoms with Crippen LogP contribution in [0.4, 0.5) is 5.69 Å². The molecule has 2 nitrogen and oxygen atoms in total. The van der Waals surface area contributed by atoms with Gasteiger partial charge in [-0.3, -0.25) is 0 Å². The van der Waals surface area contributed by atoms with Gasteiger partial charge in [0.05, 0.1) is 13.2 Å². The highest BCUT2D eigenvalue weighted by molar-refractivity contribution is 5.45. The summed E-state index contributed by atoms with van der Waals surface area (Å²) in [6.07, 6.45) is 0. The Balaban J connectivity index is 0.000000240. The average molecular weight is 430 g/mol. The van der Waals surface area contributed by atoms with Crippen LogP contribution in [0.25, 0.3) is 4.85 Å². The van der Waals surface area contributed by atoms with Crippen LogP contribution in [0.3, 0.4) is 0 Å². The van der Waals surface area contributed by atoms with Crippen LogP contribution in [0.2, 0.25) is 0 Å². The molecule has 0 aliphatic rings. The van der Waals surface area contributed by atoms with Crippen LogP contribution in [-0.4, -0.2) is 5.11 Å². The second-order valence-electron chi connectivity index (χ2n) is 8.98. The van der Waals surface area contributed by atoms with E-state index in [2.05, 4.69) is 89.7 Å². The van der Waals surface area contributed by atoms with Crippen molar-refractivity contribution in [1.82, 2.24) is 0 Å². The fourth-order valence-corrected chi connectivity index (χ4v) is 2.89. The first kappa shape index (κ1) is 27.1. The molecule has 0 atom stereocenters. The van der Waals surface area contributed by atoms with Gasteiger partial charge < -0.3 is 5.11 Å². The molecule has 3 rings (SSSR count). The number of aryl methyl sites for hydroxylation is 1. The Hall–Kier alpha value is -2.89. The first-order valence-corrected chi connectivity index (χ1v) is 11.4. The molecule has 170 valence electrons. The minimum absolute atomic E-state index is 0.137. The standard InChI is InChI=1S/C10H11N.C10H14O.C10H14/c1-8(2)9-4-6-10(11-3)7-5-9;1-8(2)10-5-3-9(7-11)4-6-10;1-8(2)10-6-4-9(3)5-7-10/h4-8H,1-2H3;3-6,8,11H,7H2,1-2H3;4-8H,1-3H3. The third-order valence-electron chi connectivity index (χ3n) is 5.26. The van der Waals surface area contributed by atoms with E-state index < -0.39 is 0 Å². The molecule has 0 saturated heterocycles. The number of rotatable bonds is 4. The van der Waals surface area contributed by atoms with Crippen LogP contribution >= 0.6 is 0 Å². The van der Waals surface area contributed by atoms with Gasteiger partial charge in [-0.25, -0.2) is 4.85 Å². The molecule has 0 aromatic heterocycles. The highest BCUT2D eigenvalue weighted by Crippen LogP contribution is 2.18. The lowest BCUT2D eigenvalue weighted by atomic mass is 10.0. The van der Waals surface area contributed by atoms with Crippen molar-refractivity contribution in [2.24, 2.45) is 0 Å². The van der Waals surface area contributed by atoms with Crippen molar-refractivity contribution < 1.29 is 5.11 Å². The van der Waals surface area contributed by atoms with Gasteiger partial charge in [-0.05, 0) is 46.9 Å². The molecule has 0 fully saturated rings. The minimum Gasteiger partial charge on any atom is -0.392 e. The Kier molecular flexibility index (Phi) is 12.1. The zero-order chi connectivity index (χ0) is 24.1. The molecule has 3 aromatic rings. The molecule has 0 aliphatic heterocycles. The van der Waals surface area contributed by atoms with Gasteiger partial charge in [-0.1, -0.05) is 120 Å². The quantitative estimate of drug-likeness (QED) is 0.412. The fraction of sp³-hybridized carbons (Fsp3) is 0.367. The van der Waals surface area contributed by atoms with Crippen LogP contribution in [0, 0.1) is 13.5 Å². The fourth-order valence-electron chi connectivity index (χ4n) is 2.89. The number of benzene rings is 3. The van der Waals surface area contributed by atoms with E-state index in [-0.39, 0.29) is 6.61 Å².